The first-order valence-electron chi connectivity index (χ1n) is 16.9. The van der Waals surface area contributed by atoms with Gasteiger partial charge in [-0.3, -0.25) is 4.57 Å². The van der Waals surface area contributed by atoms with Crippen molar-refractivity contribution >= 4 is 65.7 Å². The van der Waals surface area contributed by atoms with Crippen molar-refractivity contribution in [2.75, 3.05) is 0 Å². The zero-order valence-corrected chi connectivity index (χ0v) is 27.1. The maximum absolute atomic E-state index is 6.57. The maximum Gasteiger partial charge on any atom is 0.238 e. The molecule has 0 saturated heterocycles. The first-order valence-corrected chi connectivity index (χ1v) is 16.9. The van der Waals surface area contributed by atoms with E-state index in [1.807, 2.05) is 54.6 Å². The van der Waals surface area contributed by atoms with Crippen LogP contribution in [-0.4, -0.2) is 19.5 Å². The van der Waals surface area contributed by atoms with Crippen LogP contribution in [0.1, 0.15) is 0 Å². The topological polar surface area (TPSA) is 69.9 Å². The van der Waals surface area contributed by atoms with E-state index in [0.717, 1.165) is 87.9 Å². The van der Waals surface area contributed by atoms with E-state index in [4.69, 9.17) is 23.8 Å². The molecule has 0 bridgehead atoms. The van der Waals surface area contributed by atoms with Gasteiger partial charge in [-0.2, -0.15) is 9.97 Å². The molecule has 0 atom stereocenters. The highest BCUT2D eigenvalue weighted by molar-refractivity contribution is 6.12. The monoisotopic (exact) mass is 654 g/mol. The summed E-state index contributed by atoms with van der Waals surface area (Å²) in [7, 11) is 0. The molecule has 4 heterocycles. The molecule has 0 aliphatic rings. The van der Waals surface area contributed by atoms with Gasteiger partial charge in [0.25, 0.3) is 0 Å². The number of aromatic nitrogens is 4. The Morgan fingerprint density at radius 3 is 1.69 bits per heavy atom. The zero-order chi connectivity index (χ0) is 33.5. The molecular formula is C45H26N4O2. The van der Waals surface area contributed by atoms with E-state index in [0.29, 0.717) is 17.6 Å². The summed E-state index contributed by atoms with van der Waals surface area (Å²) in [4.78, 5) is 15.2. The molecule has 0 aliphatic heterocycles. The molecule has 0 aliphatic carbocycles. The molecule has 6 nitrogen and oxygen atoms in total. The summed E-state index contributed by atoms with van der Waals surface area (Å²) in [5.74, 6) is 1.73. The van der Waals surface area contributed by atoms with Gasteiger partial charge in [0, 0.05) is 49.0 Å². The lowest BCUT2D eigenvalue weighted by Crippen LogP contribution is -2.06. The van der Waals surface area contributed by atoms with E-state index < -0.39 is 0 Å². The molecule has 0 spiro atoms. The summed E-state index contributed by atoms with van der Waals surface area (Å²) in [5.41, 5.74) is 9.23. The van der Waals surface area contributed by atoms with Gasteiger partial charge in [0.1, 0.15) is 22.3 Å². The molecule has 11 aromatic rings. The summed E-state index contributed by atoms with van der Waals surface area (Å²) in [5, 5.41) is 6.59. The number of para-hydroxylation sites is 4. The van der Waals surface area contributed by atoms with Crippen LogP contribution in [0.25, 0.3) is 106 Å². The minimum Gasteiger partial charge on any atom is -0.456 e. The molecule has 0 radical (unpaired) electrons. The highest BCUT2D eigenvalue weighted by Gasteiger charge is 2.19. The summed E-state index contributed by atoms with van der Waals surface area (Å²) < 4.78 is 15.1. The van der Waals surface area contributed by atoms with Crippen molar-refractivity contribution in [2.24, 2.45) is 0 Å². The molecule has 0 unspecified atom stereocenters. The second kappa shape index (κ2) is 10.7. The molecule has 0 saturated carbocycles. The fraction of sp³-hybridized carbons (Fsp3) is 0. The molecule has 51 heavy (non-hydrogen) atoms. The third-order valence-corrected chi connectivity index (χ3v) is 9.88. The van der Waals surface area contributed by atoms with Gasteiger partial charge in [-0.15, -0.1) is 0 Å². The van der Waals surface area contributed by atoms with Gasteiger partial charge in [0.05, 0.1) is 11.0 Å². The number of furan rings is 2. The van der Waals surface area contributed by atoms with Crippen LogP contribution in [0.4, 0.5) is 0 Å². The Hall–Kier alpha value is -7.05. The van der Waals surface area contributed by atoms with Gasteiger partial charge in [0.15, 0.2) is 11.6 Å². The Balaban J connectivity index is 1.08. The summed E-state index contributed by atoms with van der Waals surface area (Å²) in [6.07, 6.45) is 0. The molecule has 7 aromatic carbocycles. The number of nitrogens with zero attached hydrogens (tertiary/aromatic N) is 4. The van der Waals surface area contributed by atoms with Gasteiger partial charge in [-0.25, -0.2) is 4.98 Å². The van der Waals surface area contributed by atoms with E-state index in [1.54, 1.807) is 0 Å². The van der Waals surface area contributed by atoms with E-state index in [2.05, 4.69) is 108 Å². The molecule has 0 fully saturated rings. The molecule has 238 valence electrons. The molecule has 11 rings (SSSR count). The number of hydrogen-bond donors (Lipinski definition) is 0. The number of rotatable bonds is 4. The second-order valence-corrected chi connectivity index (χ2v) is 12.8. The lowest BCUT2D eigenvalue weighted by molar-refractivity contribution is 0.668. The van der Waals surface area contributed by atoms with Crippen LogP contribution in [-0.2, 0) is 0 Å². The van der Waals surface area contributed by atoms with Crippen LogP contribution in [0.2, 0.25) is 0 Å². The van der Waals surface area contributed by atoms with Crippen molar-refractivity contribution in [3.05, 3.63) is 158 Å². The summed E-state index contributed by atoms with van der Waals surface area (Å²) >= 11 is 0. The predicted molar refractivity (Wildman–Crippen MR) is 205 cm³/mol. The lowest BCUT2D eigenvalue weighted by Gasteiger charge is -2.10. The second-order valence-electron chi connectivity index (χ2n) is 12.8. The minimum absolute atomic E-state index is 0.561. The van der Waals surface area contributed by atoms with E-state index >= 15 is 0 Å². The average Bonchev–Trinajstić information content (AvgIpc) is 3.87. The Morgan fingerprint density at radius 2 is 0.941 bits per heavy atom. The third-order valence-electron chi connectivity index (χ3n) is 9.88. The van der Waals surface area contributed by atoms with E-state index in [9.17, 15) is 0 Å². The van der Waals surface area contributed by atoms with Gasteiger partial charge in [-0.05, 0) is 48.0 Å². The van der Waals surface area contributed by atoms with Crippen LogP contribution in [0.15, 0.2) is 167 Å². The first-order chi connectivity index (χ1) is 25.3. The number of benzene rings is 7. The zero-order valence-electron chi connectivity index (χ0n) is 27.1. The normalized spacial score (nSPS) is 11.9. The highest BCUT2D eigenvalue weighted by Crippen LogP contribution is 2.39. The molecule has 0 amide bonds. The van der Waals surface area contributed by atoms with Gasteiger partial charge < -0.3 is 8.83 Å². The Labute approximate surface area is 290 Å². The van der Waals surface area contributed by atoms with Crippen LogP contribution in [0.3, 0.4) is 0 Å². The Morgan fingerprint density at radius 1 is 0.373 bits per heavy atom. The van der Waals surface area contributed by atoms with Crippen molar-refractivity contribution in [1.82, 2.24) is 19.5 Å². The standard InChI is InChI=1S/C45H26N4O2/c1-2-11-27(12-3-1)43-46-44(48-45(47-43)49-37-18-7-4-13-31(37)32-14-5-8-19-38(32)49)29-22-24-35-34-23-21-28(25-40(34)50-41(35)26-29)30-16-10-17-36-33-15-6-9-20-39(33)51-42(30)36/h1-26H. The predicted octanol–water partition coefficient (Wildman–Crippen LogP) is 11.8. The molecule has 4 aromatic heterocycles. The van der Waals surface area contributed by atoms with Gasteiger partial charge in [0.2, 0.25) is 5.95 Å². The minimum atomic E-state index is 0.561. The third kappa shape index (κ3) is 4.26. The van der Waals surface area contributed by atoms with Crippen molar-refractivity contribution in [3.63, 3.8) is 0 Å². The fourth-order valence-corrected chi connectivity index (χ4v) is 7.51. The van der Waals surface area contributed by atoms with Crippen molar-refractivity contribution in [1.29, 1.82) is 0 Å². The summed E-state index contributed by atoms with van der Waals surface area (Å²) in [6.45, 7) is 0. The van der Waals surface area contributed by atoms with Crippen LogP contribution < -0.4 is 0 Å². The number of fused-ring (bicyclic) bond motifs is 9. The van der Waals surface area contributed by atoms with Crippen molar-refractivity contribution in [2.45, 2.75) is 0 Å². The van der Waals surface area contributed by atoms with Gasteiger partial charge in [-0.1, -0.05) is 115 Å². The first kappa shape index (κ1) is 27.9. The van der Waals surface area contributed by atoms with Crippen molar-refractivity contribution < 1.29 is 8.83 Å². The number of hydrogen-bond acceptors (Lipinski definition) is 5. The fourth-order valence-electron chi connectivity index (χ4n) is 7.51. The molecule has 0 N–H and O–H groups in total. The quantitative estimate of drug-likeness (QED) is 0.189. The van der Waals surface area contributed by atoms with Crippen LogP contribution in [0.5, 0.6) is 0 Å². The molecule has 6 heteroatoms. The van der Waals surface area contributed by atoms with Crippen LogP contribution >= 0.6 is 0 Å². The lowest BCUT2D eigenvalue weighted by atomic mass is 10.0. The Kier molecular flexibility index (Phi) is 5.86. The van der Waals surface area contributed by atoms with E-state index in [1.165, 1.54) is 0 Å². The largest absolute Gasteiger partial charge is 0.456 e. The summed E-state index contributed by atoms with van der Waals surface area (Å²) in [6, 6.07) is 53.9. The Bertz CT molecular complexity index is 3100. The average molecular weight is 655 g/mol. The molecular weight excluding hydrogens is 629 g/mol. The van der Waals surface area contributed by atoms with E-state index in [-0.39, 0.29) is 0 Å². The highest BCUT2D eigenvalue weighted by atomic mass is 16.3. The van der Waals surface area contributed by atoms with Gasteiger partial charge >= 0.3 is 0 Å². The smallest absolute Gasteiger partial charge is 0.238 e. The van der Waals surface area contributed by atoms with Crippen LogP contribution in [0, 0.1) is 0 Å². The maximum atomic E-state index is 6.57. The SMILES string of the molecule is c1ccc(-c2nc(-c3ccc4c(c3)oc3cc(-c5cccc6c5oc5ccccc56)ccc34)nc(-n3c4ccccc4c4ccccc43)n2)cc1. The van der Waals surface area contributed by atoms with Crippen molar-refractivity contribution in [3.8, 4) is 39.9 Å².